The zero-order valence-corrected chi connectivity index (χ0v) is 10.7. The molecular weight excluding hydrogens is 208 g/mol. The summed E-state index contributed by atoms with van der Waals surface area (Å²) in [5.74, 6) is 0. The quantitative estimate of drug-likeness (QED) is 0.740. The predicted octanol–water partition coefficient (Wildman–Crippen LogP) is 0.914. The molecule has 0 aromatic heterocycles. The van der Waals surface area contributed by atoms with E-state index in [1.54, 1.807) is 0 Å². The predicted molar refractivity (Wildman–Crippen MR) is 67.3 cm³/mol. The van der Waals surface area contributed by atoms with Crippen molar-refractivity contribution in [3.63, 3.8) is 0 Å². The van der Waals surface area contributed by atoms with Crippen molar-refractivity contribution in [1.82, 2.24) is 4.90 Å². The van der Waals surface area contributed by atoms with Gasteiger partial charge >= 0.3 is 0 Å². The highest BCUT2D eigenvalue weighted by atomic mass is 32.2. The van der Waals surface area contributed by atoms with Gasteiger partial charge in [0.15, 0.2) is 0 Å². The van der Waals surface area contributed by atoms with Gasteiger partial charge in [-0.15, -0.1) is 0 Å². The number of rotatable bonds is 5. The average Bonchev–Trinajstić information content (AvgIpc) is 2.27. The maximum Gasteiger partial charge on any atom is 0.0524 e. The fourth-order valence-corrected chi connectivity index (χ4v) is 2.80. The molecule has 1 unspecified atom stereocenters. The molecule has 0 aromatic rings. The first-order valence-electron chi connectivity index (χ1n) is 5.77. The molecule has 0 amide bonds. The lowest BCUT2D eigenvalue weighted by Crippen LogP contribution is -2.46. The molecule has 1 heterocycles. The SMILES string of the molecule is CSC1(CN)CCN(CCC(C)O)CC1. The van der Waals surface area contributed by atoms with Crippen molar-refractivity contribution < 1.29 is 5.11 Å². The fraction of sp³-hybridized carbons (Fsp3) is 1.00. The van der Waals surface area contributed by atoms with Crippen LogP contribution >= 0.6 is 11.8 Å². The minimum Gasteiger partial charge on any atom is -0.393 e. The van der Waals surface area contributed by atoms with Crippen molar-refractivity contribution in [2.45, 2.75) is 37.0 Å². The molecule has 0 radical (unpaired) electrons. The second kappa shape index (κ2) is 6.09. The first-order chi connectivity index (χ1) is 7.12. The molecule has 4 heteroatoms. The van der Waals surface area contributed by atoms with E-state index in [9.17, 15) is 5.11 Å². The Morgan fingerprint density at radius 2 is 2.07 bits per heavy atom. The molecule has 1 fully saturated rings. The summed E-state index contributed by atoms with van der Waals surface area (Å²) < 4.78 is 0.321. The standard InChI is InChI=1S/C11H24N2OS/c1-10(14)3-6-13-7-4-11(9-12,15-2)5-8-13/h10,14H,3-9,12H2,1-2H3. The van der Waals surface area contributed by atoms with Crippen LogP contribution in [0, 0.1) is 0 Å². The molecule has 90 valence electrons. The van der Waals surface area contributed by atoms with Gasteiger partial charge in [0.1, 0.15) is 0 Å². The summed E-state index contributed by atoms with van der Waals surface area (Å²) >= 11 is 1.92. The topological polar surface area (TPSA) is 49.5 Å². The summed E-state index contributed by atoms with van der Waals surface area (Å²) in [6.07, 6.45) is 5.24. The summed E-state index contributed by atoms with van der Waals surface area (Å²) in [7, 11) is 0. The third kappa shape index (κ3) is 3.94. The molecule has 1 aliphatic heterocycles. The second-order valence-electron chi connectivity index (χ2n) is 4.57. The van der Waals surface area contributed by atoms with Crippen molar-refractivity contribution in [1.29, 1.82) is 0 Å². The summed E-state index contributed by atoms with van der Waals surface area (Å²) in [5, 5.41) is 9.23. The van der Waals surface area contributed by atoms with Crippen LogP contribution in [0.3, 0.4) is 0 Å². The Morgan fingerprint density at radius 3 is 2.47 bits per heavy atom. The highest BCUT2D eigenvalue weighted by Gasteiger charge is 2.32. The summed E-state index contributed by atoms with van der Waals surface area (Å²) in [6.45, 7) is 5.93. The molecular formula is C11H24N2OS. The number of hydrogen-bond donors (Lipinski definition) is 2. The van der Waals surface area contributed by atoms with Gasteiger partial charge in [-0.2, -0.15) is 11.8 Å². The molecule has 3 N–H and O–H groups in total. The minimum absolute atomic E-state index is 0.174. The maximum absolute atomic E-state index is 9.23. The lowest BCUT2D eigenvalue weighted by Gasteiger charge is -2.40. The molecule has 0 aromatic carbocycles. The second-order valence-corrected chi connectivity index (χ2v) is 5.84. The van der Waals surface area contributed by atoms with E-state index in [1.807, 2.05) is 18.7 Å². The van der Waals surface area contributed by atoms with E-state index >= 15 is 0 Å². The van der Waals surface area contributed by atoms with Gasteiger partial charge in [0.05, 0.1) is 6.10 Å². The highest BCUT2D eigenvalue weighted by Crippen LogP contribution is 2.33. The van der Waals surface area contributed by atoms with Gasteiger partial charge in [0.2, 0.25) is 0 Å². The third-order valence-corrected chi connectivity index (χ3v) is 4.88. The van der Waals surface area contributed by atoms with Crippen molar-refractivity contribution in [2.75, 3.05) is 32.4 Å². The van der Waals surface area contributed by atoms with E-state index in [-0.39, 0.29) is 6.10 Å². The van der Waals surface area contributed by atoms with Crippen LogP contribution in [0.1, 0.15) is 26.2 Å². The Bertz CT molecular complexity index is 173. The van der Waals surface area contributed by atoms with Gasteiger partial charge in [0, 0.05) is 17.8 Å². The van der Waals surface area contributed by atoms with Crippen molar-refractivity contribution in [2.24, 2.45) is 5.73 Å². The van der Waals surface area contributed by atoms with Crippen molar-refractivity contribution in [3.05, 3.63) is 0 Å². The van der Waals surface area contributed by atoms with E-state index in [0.29, 0.717) is 4.75 Å². The lowest BCUT2D eigenvalue weighted by molar-refractivity contribution is 0.139. The molecule has 3 nitrogen and oxygen atoms in total. The number of thioether (sulfide) groups is 1. The Morgan fingerprint density at radius 1 is 1.47 bits per heavy atom. The Labute approximate surface area is 97.4 Å². The molecule has 1 atom stereocenters. The van der Waals surface area contributed by atoms with Gasteiger partial charge in [-0.3, -0.25) is 0 Å². The average molecular weight is 232 g/mol. The van der Waals surface area contributed by atoms with Gasteiger partial charge < -0.3 is 15.7 Å². The minimum atomic E-state index is -0.174. The number of hydrogen-bond acceptors (Lipinski definition) is 4. The van der Waals surface area contributed by atoms with Crippen LogP contribution < -0.4 is 5.73 Å². The Kier molecular flexibility index (Phi) is 5.39. The lowest BCUT2D eigenvalue weighted by atomic mass is 9.95. The molecule has 0 bridgehead atoms. The van der Waals surface area contributed by atoms with E-state index in [4.69, 9.17) is 5.73 Å². The zero-order valence-electron chi connectivity index (χ0n) is 9.91. The number of nitrogens with zero attached hydrogens (tertiary/aromatic N) is 1. The van der Waals surface area contributed by atoms with E-state index in [1.165, 1.54) is 12.8 Å². The number of piperidine rings is 1. The molecule has 0 aliphatic carbocycles. The Hall–Kier alpha value is 0.230. The van der Waals surface area contributed by atoms with Crippen LogP contribution in [0.25, 0.3) is 0 Å². The first-order valence-corrected chi connectivity index (χ1v) is 7.00. The monoisotopic (exact) mass is 232 g/mol. The summed E-state index contributed by atoms with van der Waals surface area (Å²) in [5.41, 5.74) is 5.84. The normalized spacial score (nSPS) is 24.0. The molecule has 1 rings (SSSR count). The van der Waals surface area contributed by atoms with E-state index in [2.05, 4.69) is 11.2 Å². The largest absolute Gasteiger partial charge is 0.393 e. The van der Waals surface area contributed by atoms with Crippen molar-refractivity contribution in [3.8, 4) is 0 Å². The van der Waals surface area contributed by atoms with Gasteiger partial charge in [-0.05, 0) is 45.5 Å². The molecule has 0 spiro atoms. The number of nitrogens with two attached hydrogens (primary N) is 1. The number of aliphatic hydroxyl groups excluding tert-OH is 1. The van der Waals surface area contributed by atoms with Crippen LogP contribution in [0.2, 0.25) is 0 Å². The first kappa shape index (κ1) is 13.3. The van der Waals surface area contributed by atoms with E-state index in [0.717, 1.165) is 32.6 Å². The smallest absolute Gasteiger partial charge is 0.0524 e. The molecule has 15 heavy (non-hydrogen) atoms. The van der Waals surface area contributed by atoms with E-state index < -0.39 is 0 Å². The highest BCUT2D eigenvalue weighted by molar-refractivity contribution is 8.00. The molecule has 1 saturated heterocycles. The fourth-order valence-electron chi connectivity index (χ4n) is 2.05. The summed E-state index contributed by atoms with van der Waals surface area (Å²) in [4.78, 5) is 2.44. The van der Waals surface area contributed by atoms with Crippen LogP contribution in [0.4, 0.5) is 0 Å². The maximum atomic E-state index is 9.23. The third-order valence-electron chi connectivity index (χ3n) is 3.44. The van der Waals surface area contributed by atoms with Gasteiger partial charge in [0.25, 0.3) is 0 Å². The van der Waals surface area contributed by atoms with Crippen LogP contribution in [-0.2, 0) is 0 Å². The molecule has 0 saturated carbocycles. The zero-order chi connectivity index (χ0) is 11.3. The van der Waals surface area contributed by atoms with Crippen LogP contribution in [-0.4, -0.2) is 53.3 Å². The number of aliphatic hydroxyl groups is 1. The van der Waals surface area contributed by atoms with Crippen molar-refractivity contribution >= 4 is 11.8 Å². The van der Waals surface area contributed by atoms with Gasteiger partial charge in [-0.25, -0.2) is 0 Å². The van der Waals surface area contributed by atoms with Crippen LogP contribution in [0.15, 0.2) is 0 Å². The summed E-state index contributed by atoms with van der Waals surface area (Å²) in [6, 6.07) is 0. The van der Waals surface area contributed by atoms with Gasteiger partial charge in [-0.1, -0.05) is 0 Å². The van der Waals surface area contributed by atoms with Crippen LogP contribution in [0.5, 0.6) is 0 Å². The Balaban J connectivity index is 2.28. The number of likely N-dealkylation sites (tertiary alicyclic amines) is 1. The molecule has 1 aliphatic rings.